The molecule has 0 aliphatic carbocycles. The maximum atomic E-state index is 3.89. The van der Waals surface area contributed by atoms with Crippen LogP contribution in [-0.2, 0) is 0 Å². The molecule has 0 aromatic rings. The van der Waals surface area contributed by atoms with Crippen LogP contribution in [0.25, 0.3) is 0 Å². The molecular weight excluding hydrogens is 150 g/mol. The van der Waals surface area contributed by atoms with Gasteiger partial charge in [0.1, 0.15) is 8.96 Å². The van der Waals surface area contributed by atoms with E-state index in [4.69, 9.17) is 0 Å². The third-order valence-corrected chi connectivity index (χ3v) is 4.91. The van der Waals surface area contributed by atoms with Crippen molar-refractivity contribution in [2.75, 3.05) is 13.1 Å². The van der Waals surface area contributed by atoms with Crippen LogP contribution in [0, 0.1) is 0 Å². The zero-order chi connectivity index (χ0) is 8.10. The molecule has 0 aromatic carbocycles. The Kier molecular flexibility index (Phi) is 3.87. The zero-order valence-electron chi connectivity index (χ0n) is 7.55. The molecule has 1 rings (SSSR count). The van der Waals surface area contributed by atoms with Crippen LogP contribution in [0.15, 0.2) is 12.3 Å². The summed E-state index contributed by atoms with van der Waals surface area (Å²) in [4.78, 5) is 0. The van der Waals surface area contributed by atoms with E-state index in [2.05, 4.69) is 23.4 Å². The molecule has 1 heterocycles. The summed E-state index contributed by atoms with van der Waals surface area (Å²) in [5, 5.41) is 0. The molecule has 1 saturated heterocycles. The molecule has 1 atom stereocenters. The molecular formula is C9H19NSi. The van der Waals surface area contributed by atoms with E-state index in [1.54, 1.807) is 0 Å². The van der Waals surface area contributed by atoms with Gasteiger partial charge in [0, 0.05) is 0 Å². The lowest BCUT2D eigenvalue weighted by Gasteiger charge is -2.23. The molecule has 0 saturated carbocycles. The average molecular weight is 169 g/mol. The van der Waals surface area contributed by atoms with Gasteiger partial charge in [-0.25, -0.2) is 0 Å². The largest absolute Gasteiger partial charge is 0.323 e. The van der Waals surface area contributed by atoms with E-state index in [0.717, 1.165) is 0 Å². The van der Waals surface area contributed by atoms with E-state index in [1.165, 1.54) is 38.8 Å². The van der Waals surface area contributed by atoms with Crippen LogP contribution >= 0.6 is 0 Å². The van der Waals surface area contributed by atoms with E-state index >= 15 is 0 Å². The third-order valence-electron chi connectivity index (χ3n) is 2.56. The maximum absolute atomic E-state index is 3.89. The first-order valence-electron chi connectivity index (χ1n) is 4.71. The second-order valence-electron chi connectivity index (χ2n) is 3.43. The van der Waals surface area contributed by atoms with Crippen molar-refractivity contribution in [3.05, 3.63) is 12.3 Å². The molecule has 1 unspecified atom stereocenters. The van der Waals surface area contributed by atoms with Crippen LogP contribution in [0.1, 0.15) is 25.7 Å². The highest BCUT2D eigenvalue weighted by molar-refractivity contribution is 6.59. The van der Waals surface area contributed by atoms with Crippen LogP contribution in [-0.4, -0.2) is 26.6 Å². The Morgan fingerprint density at radius 1 is 1.18 bits per heavy atom. The van der Waals surface area contributed by atoms with Gasteiger partial charge in [-0.05, 0) is 25.9 Å². The molecule has 2 heteroatoms. The molecule has 0 bridgehead atoms. The molecule has 64 valence electrons. The summed E-state index contributed by atoms with van der Waals surface area (Å²) in [5.74, 6) is 0. The number of nitrogens with zero attached hydrogens (tertiary/aromatic N) is 1. The molecule has 11 heavy (non-hydrogen) atoms. The van der Waals surface area contributed by atoms with E-state index in [1.807, 2.05) is 0 Å². The number of rotatable bonds is 2. The van der Waals surface area contributed by atoms with Gasteiger partial charge in [-0.3, -0.25) is 0 Å². The molecule has 1 fully saturated rings. The Labute approximate surface area is 71.8 Å². The zero-order valence-corrected chi connectivity index (χ0v) is 8.71. The summed E-state index contributed by atoms with van der Waals surface area (Å²) in [5.41, 5.74) is 2.19. The maximum Gasteiger partial charge on any atom is 0.132 e. The Hall–Kier alpha value is -0.0831. The highest BCUT2D eigenvalue weighted by Gasteiger charge is 2.13. The van der Waals surface area contributed by atoms with Crippen molar-refractivity contribution in [2.45, 2.75) is 32.2 Å². The summed E-state index contributed by atoms with van der Waals surface area (Å²) in [6.07, 6.45) is 5.69. The Balaban J connectivity index is 2.35. The minimum atomic E-state index is -0.694. The van der Waals surface area contributed by atoms with E-state index in [0.29, 0.717) is 0 Å². The lowest BCUT2D eigenvalue weighted by molar-refractivity contribution is 0.454. The van der Waals surface area contributed by atoms with Gasteiger partial charge < -0.3 is 4.57 Å². The fourth-order valence-corrected chi connectivity index (χ4v) is 3.13. The van der Waals surface area contributed by atoms with Crippen molar-refractivity contribution in [1.29, 1.82) is 0 Å². The van der Waals surface area contributed by atoms with Crippen LogP contribution in [0.5, 0.6) is 0 Å². The topological polar surface area (TPSA) is 3.24 Å². The normalized spacial score (nSPS) is 24.1. The van der Waals surface area contributed by atoms with Gasteiger partial charge in [0.05, 0.1) is 0 Å². The molecule has 1 nitrogen and oxygen atoms in total. The molecule has 0 N–H and O–H groups in total. The van der Waals surface area contributed by atoms with Crippen molar-refractivity contribution in [2.24, 2.45) is 0 Å². The van der Waals surface area contributed by atoms with Gasteiger partial charge in [-0.2, -0.15) is 0 Å². The van der Waals surface area contributed by atoms with E-state index in [-0.39, 0.29) is 0 Å². The van der Waals surface area contributed by atoms with E-state index < -0.39 is 8.96 Å². The lowest BCUT2D eigenvalue weighted by Crippen LogP contribution is -2.36. The van der Waals surface area contributed by atoms with Crippen LogP contribution in [0.4, 0.5) is 0 Å². The Bertz CT molecular complexity index is 117. The minimum absolute atomic E-state index is 0.694. The van der Waals surface area contributed by atoms with Crippen molar-refractivity contribution in [3.8, 4) is 0 Å². The highest BCUT2D eigenvalue weighted by atomic mass is 28.3. The first-order chi connectivity index (χ1) is 5.34. The van der Waals surface area contributed by atoms with Gasteiger partial charge >= 0.3 is 0 Å². The monoisotopic (exact) mass is 169 g/mol. The number of hydrogen-bond acceptors (Lipinski definition) is 1. The molecule has 0 spiro atoms. The molecule has 1 aliphatic rings. The molecule has 0 radical (unpaired) electrons. The van der Waals surface area contributed by atoms with Crippen molar-refractivity contribution in [1.82, 2.24) is 4.57 Å². The SMILES string of the molecule is C=C[SiH](C)N1CCCCCC1. The Morgan fingerprint density at radius 3 is 2.18 bits per heavy atom. The lowest BCUT2D eigenvalue weighted by atomic mass is 10.2. The van der Waals surface area contributed by atoms with Gasteiger partial charge in [0.2, 0.25) is 0 Å². The van der Waals surface area contributed by atoms with Crippen molar-refractivity contribution < 1.29 is 0 Å². The van der Waals surface area contributed by atoms with E-state index in [9.17, 15) is 0 Å². The molecule has 1 aliphatic heterocycles. The Morgan fingerprint density at radius 2 is 1.73 bits per heavy atom. The minimum Gasteiger partial charge on any atom is -0.323 e. The summed E-state index contributed by atoms with van der Waals surface area (Å²) in [6, 6.07) is 0. The van der Waals surface area contributed by atoms with Crippen LogP contribution in [0.2, 0.25) is 6.55 Å². The van der Waals surface area contributed by atoms with Gasteiger partial charge in [0.25, 0.3) is 0 Å². The first-order valence-corrected chi connectivity index (χ1v) is 7.05. The average Bonchev–Trinajstić information content (AvgIpc) is 2.30. The predicted octanol–water partition coefficient (Wildman–Crippen LogP) is 1.94. The van der Waals surface area contributed by atoms with Crippen LogP contribution in [0.3, 0.4) is 0 Å². The third kappa shape index (κ3) is 2.79. The summed E-state index contributed by atoms with van der Waals surface area (Å²) in [6.45, 7) is 8.93. The van der Waals surface area contributed by atoms with Gasteiger partial charge in [-0.15, -0.1) is 6.58 Å². The predicted molar refractivity (Wildman–Crippen MR) is 53.3 cm³/mol. The smallest absolute Gasteiger partial charge is 0.132 e. The summed E-state index contributed by atoms with van der Waals surface area (Å²) >= 11 is 0. The quantitative estimate of drug-likeness (QED) is 0.571. The van der Waals surface area contributed by atoms with Crippen molar-refractivity contribution in [3.63, 3.8) is 0 Å². The van der Waals surface area contributed by atoms with Gasteiger partial charge in [0.15, 0.2) is 0 Å². The summed E-state index contributed by atoms with van der Waals surface area (Å²) in [7, 11) is -0.694. The second kappa shape index (κ2) is 4.73. The van der Waals surface area contributed by atoms with Gasteiger partial charge in [-0.1, -0.05) is 25.1 Å². The second-order valence-corrected chi connectivity index (χ2v) is 6.11. The first kappa shape index (κ1) is 9.01. The fraction of sp³-hybridized carbons (Fsp3) is 0.778. The fourth-order valence-electron chi connectivity index (χ4n) is 1.65. The van der Waals surface area contributed by atoms with Crippen LogP contribution < -0.4 is 0 Å². The summed E-state index contributed by atoms with van der Waals surface area (Å²) < 4.78 is 2.67. The highest BCUT2D eigenvalue weighted by Crippen LogP contribution is 2.10. The van der Waals surface area contributed by atoms with Crippen molar-refractivity contribution >= 4 is 8.96 Å². The number of hydrogen-bond donors (Lipinski definition) is 0. The molecule has 0 amide bonds. The standard InChI is InChI=1S/C9H19NSi/c1-3-11(2)10-8-6-4-5-7-9-10/h3,11H,1,4-9H2,2H3. The molecule has 0 aromatic heterocycles.